The molecule has 3 heterocycles. The Bertz CT molecular complexity index is 975. The highest BCUT2D eigenvalue weighted by Gasteiger charge is 2.32. The lowest BCUT2D eigenvalue weighted by molar-refractivity contribution is -0.134. The smallest absolute Gasteiger partial charge is 0.261 e. The number of nitrogens with one attached hydrogen (secondary N) is 1. The Morgan fingerprint density at radius 2 is 1.93 bits per heavy atom. The summed E-state index contributed by atoms with van der Waals surface area (Å²) >= 11 is 0. The molecule has 2 amide bonds. The minimum absolute atomic E-state index is 0.0138. The molecule has 8 nitrogen and oxygen atoms in total. The Morgan fingerprint density at radius 1 is 1.18 bits per heavy atom. The van der Waals surface area contributed by atoms with E-state index in [9.17, 15) is 14.4 Å². The first-order chi connectivity index (χ1) is 13.4. The minimum Gasteiger partial charge on any atom is -0.368 e. The molecule has 148 valence electrons. The normalized spacial score (nSPS) is 20.1. The van der Waals surface area contributed by atoms with E-state index in [1.165, 1.54) is 0 Å². The fourth-order valence-electron chi connectivity index (χ4n) is 3.89. The van der Waals surface area contributed by atoms with Crippen LogP contribution in [-0.2, 0) is 9.59 Å². The maximum Gasteiger partial charge on any atom is 0.261 e. The average molecular weight is 383 g/mol. The molecule has 1 aromatic carbocycles. The Labute approximate surface area is 163 Å². The molecule has 1 atom stereocenters. The van der Waals surface area contributed by atoms with Crippen LogP contribution in [-0.4, -0.2) is 58.5 Å². The summed E-state index contributed by atoms with van der Waals surface area (Å²) in [7, 11) is 0. The van der Waals surface area contributed by atoms with Crippen LogP contribution < -0.4 is 15.8 Å². The molecule has 8 heteroatoms. The van der Waals surface area contributed by atoms with Crippen molar-refractivity contribution in [3.8, 4) is 0 Å². The van der Waals surface area contributed by atoms with Gasteiger partial charge in [-0.25, -0.2) is 4.98 Å². The molecule has 1 N–H and O–H groups in total. The Kier molecular flexibility index (Phi) is 4.78. The van der Waals surface area contributed by atoms with Crippen LogP contribution in [0.4, 0.5) is 5.69 Å². The highest BCUT2D eigenvalue weighted by atomic mass is 16.2. The van der Waals surface area contributed by atoms with Crippen molar-refractivity contribution in [1.82, 2.24) is 19.8 Å². The summed E-state index contributed by atoms with van der Waals surface area (Å²) in [5, 5.41) is 3.36. The highest BCUT2D eigenvalue weighted by molar-refractivity contribution is 5.91. The van der Waals surface area contributed by atoms with Crippen LogP contribution in [0.2, 0.25) is 0 Å². The second-order valence-corrected chi connectivity index (χ2v) is 7.72. The molecule has 4 rings (SSSR count). The molecule has 2 fully saturated rings. The maximum atomic E-state index is 12.6. The first-order valence-corrected chi connectivity index (χ1v) is 9.78. The van der Waals surface area contributed by atoms with Crippen molar-refractivity contribution in [2.45, 2.75) is 38.8 Å². The van der Waals surface area contributed by atoms with E-state index in [4.69, 9.17) is 0 Å². The zero-order valence-electron chi connectivity index (χ0n) is 16.2. The van der Waals surface area contributed by atoms with Crippen LogP contribution in [0, 0.1) is 0 Å². The average Bonchev–Trinajstić information content (AvgIpc) is 3.13. The van der Waals surface area contributed by atoms with Crippen molar-refractivity contribution in [1.29, 1.82) is 0 Å². The summed E-state index contributed by atoms with van der Waals surface area (Å²) in [6, 6.07) is 5.43. The summed E-state index contributed by atoms with van der Waals surface area (Å²) in [6.45, 7) is 6.57. The quantitative estimate of drug-likeness (QED) is 0.851. The molecule has 1 unspecified atom stereocenters. The van der Waals surface area contributed by atoms with Gasteiger partial charge in [-0.3, -0.25) is 19.0 Å². The van der Waals surface area contributed by atoms with E-state index in [0.29, 0.717) is 49.9 Å². The summed E-state index contributed by atoms with van der Waals surface area (Å²) < 4.78 is 1.63. The number of rotatable bonds is 3. The molecule has 2 saturated heterocycles. The predicted molar refractivity (Wildman–Crippen MR) is 106 cm³/mol. The molecule has 0 bridgehead atoms. The van der Waals surface area contributed by atoms with Crippen LogP contribution in [0.1, 0.15) is 32.7 Å². The van der Waals surface area contributed by atoms with Crippen LogP contribution >= 0.6 is 0 Å². The lowest BCUT2D eigenvalue weighted by Crippen LogP contribution is -2.53. The summed E-state index contributed by atoms with van der Waals surface area (Å²) in [4.78, 5) is 44.9. The number of hydrogen-bond donors (Lipinski definition) is 1. The molecular formula is C20H25N5O3. The van der Waals surface area contributed by atoms with Gasteiger partial charge in [0.05, 0.1) is 17.2 Å². The highest BCUT2D eigenvalue weighted by Crippen LogP contribution is 2.21. The molecule has 0 aliphatic carbocycles. The number of benzene rings is 1. The van der Waals surface area contributed by atoms with Gasteiger partial charge in [-0.05, 0) is 38.5 Å². The first-order valence-electron chi connectivity index (χ1n) is 9.78. The molecule has 2 aromatic rings. The lowest BCUT2D eigenvalue weighted by atomic mass is 10.1. The second kappa shape index (κ2) is 7.26. The van der Waals surface area contributed by atoms with Crippen molar-refractivity contribution < 1.29 is 9.59 Å². The fraction of sp³-hybridized carbons (Fsp3) is 0.500. The summed E-state index contributed by atoms with van der Waals surface area (Å²) in [6.07, 6.45) is 2.62. The van der Waals surface area contributed by atoms with Crippen molar-refractivity contribution in [2.24, 2.45) is 0 Å². The van der Waals surface area contributed by atoms with Gasteiger partial charge in [0.25, 0.3) is 5.56 Å². The molecule has 2 aliphatic rings. The lowest BCUT2D eigenvalue weighted by Gasteiger charge is -2.37. The Hall–Kier alpha value is -2.90. The van der Waals surface area contributed by atoms with Crippen molar-refractivity contribution in [2.75, 3.05) is 31.1 Å². The third kappa shape index (κ3) is 3.34. The standard InChI is InChI=1S/C20H25N5O3/c1-13(2)25-12-21-17-11-14(3-4-15(17)19(25)27)23-7-9-24(10-8-23)20(28)16-5-6-18(26)22-16/h3-4,11-13,16H,5-10H2,1-2H3,(H,22,26). The Balaban J connectivity index is 1.46. The van der Waals surface area contributed by atoms with Gasteiger partial charge in [-0.2, -0.15) is 0 Å². The minimum atomic E-state index is -0.368. The number of aromatic nitrogens is 2. The van der Waals surface area contributed by atoms with E-state index < -0.39 is 0 Å². The van der Waals surface area contributed by atoms with E-state index in [1.807, 2.05) is 36.9 Å². The van der Waals surface area contributed by atoms with Crippen LogP contribution in [0.3, 0.4) is 0 Å². The van der Waals surface area contributed by atoms with Crippen LogP contribution in [0.25, 0.3) is 10.9 Å². The Morgan fingerprint density at radius 3 is 2.57 bits per heavy atom. The van der Waals surface area contributed by atoms with Crippen molar-refractivity contribution >= 4 is 28.4 Å². The van der Waals surface area contributed by atoms with Crippen LogP contribution in [0.5, 0.6) is 0 Å². The summed E-state index contributed by atoms with van der Waals surface area (Å²) in [5.41, 5.74) is 1.66. The number of nitrogens with zero attached hydrogens (tertiary/aromatic N) is 4. The maximum absolute atomic E-state index is 12.6. The van der Waals surface area contributed by atoms with Crippen LogP contribution in [0.15, 0.2) is 29.3 Å². The largest absolute Gasteiger partial charge is 0.368 e. The first kappa shape index (κ1) is 18.5. The topological polar surface area (TPSA) is 87.5 Å². The van der Waals surface area contributed by atoms with Gasteiger partial charge >= 0.3 is 0 Å². The molecular weight excluding hydrogens is 358 g/mol. The molecule has 0 radical (unpaired) electrons. The van der Waals surface area contributed by atoms with Gasteiger partial charge in [-0.1, -0.05) is 0 Å². The van der Waals surface area contributed by atoms with E-state index in [0.717, 1.165) is 5.69 Å². The van der Waals surface area contributed by atoms with Crippen molar-refractivity contribution in [3.63, 3.8) is 0 Å². The van der Waals surface area contributed by atoms with Gasteiger partial charge < -0.3 is 15.1 Å². The van der Waals surface area contributed by atoms with Crippen molar-refractivity contribution in [3.05, 3.63) is 34.9 Å². The molecule has 1 aromatic heterocycles. The van der Waals surface area contributed by atoms with Gasteiger partial charge in [0, 0.05) is 44.3 Å². The number of carbonyl (C=O) groups excluding carboxylic acids is 2. The van der Waals surface area contributed by atoms with E-state index in [1.54, 1.807) is 10.9 Å². The third-order valence-corrected chi connectivity index (χ3v) is 5.57. The number of amides is 2. The second-order valence-electron chi connectivity index (χ2n) is 7.72. The fourth-order valence-corrected chi connectivity index (χ4v) is 3.89. The third-order valence-electron chi connectivity index (χ3n) is 5.57. The SMILES string of the molecule is CC(C)n1cnc2cc(N3CCN(C(=O)C4CCC(=O)N4)CC3)ccc2c1=O. The number of piperazine rings is 1. The van der Waals surface area contributed by atoms with Gasteiger partial charge in [0.2, 0.25) is 11.8 Å². The zero-order chi connectivity index (χ0) is 19.8. The van der Waals surface area contributed by atoms with Gasteiger partial charge in [0.15, 0.2) is 0 Å². The molecule has 28 heavy (non-hydrogen) atoms. The summed E-state index contributed by atoms with van der Waals surface area (Å²) in [5.74, 6) is -0.0305. The van der Waals surface area contributed by atoms with Gasteiger partial charge in [0.1, 0.15) is 6.04 Å². The number of fused-ring (bicyclic) bond motifs is 1. The monoisotopic (exact) mass is 383 g/mol. The predicted octanol–water partition coefficient (Wildman–Crippen LogP) is 0.905. The van der Waals surface area contributed by atoms with E-state index >= 15 is 0 Å². The molecule has 0 spiro atoms. The molecule has 0 saturated carbocycles. The van der Waals surface area contributed by atoms with Gasteiger partial charge in [-0.15, -0.1) is 0 Å². The zero-order valence-corrected chi connectivity index (χ0v) is 16.2. The molecule has 2 aliphatic heterocycles. The van der Waals surface area contributed by atoms with E-state index in [2.05, 4.69) is 15.2 Å². The number of hydrogen-bond acceptors (Lipinski definition) is 5. The number of carbonyl (C=O) groups is 2. The van der Waals surface area contributed by atoms with E-state index in [-0.39, 0.29) is 29.5 Å². The number of anilines is 1.